The molecule has 120 valence electrons. The van der Waals surface area contributed by atoms with Gasteiger partial charge < -0.3 is 4.90 Å². The summed E-state index contributed by atoms with van der Waals surface area (Å²) in [7, 11) is 0. The van der Waals surface area contributed by atoms with Crippen LogP contribution in [0.25, 0.3) is 5.69 Å². The molecular formula is C18H20ClN3O. The molecule has 0 radical (unpaired) electrons. The van der Waals surface area contributed by atoms with Crippen LogP contribution in [0, 0.1) is 5.92 Å². The number of nitrogens with zero attached hydrogens (tertiary/aromatic N) is 3. The third-order valence-electron chi connectivity index (χ3n) is 5.17. The van der Waals surface area contributed by atoms with Gasteiger partial charge in [-0.2, -0.15) is 5.10 Å². The molecule has 2 fully saturated rings. The normalized spacial score (nSPS) is 21.4. The molecule has 1 saturated carbocycles. The predicted molar refractivity (Wildman–Crippen MR) is 90.0 cm³/mol. The molecule has 1 aromatic heterocycles. The fourth-order valence-corrected chi connectivity index (χ4v) is 3.82. The van der Waals surface area contributed by atoms with Crippen LogP contribution in [0.4, 0.5) is 0 Å². The van der Waals surface area contributed by atoms with E-state index in [4.69, 9.17) is 11.6 Å². The third-order valence-corrected chi connectivity index (χ3v) is 5.43. The Hall–Kier alpha value is -1.81. The van der Waals surface area contributed by atoms with Crippen LogP contribution in [-0.4, -0.2) is 33.2 Å². The van der Waals surface area contributed by atoms with Crippen LogP contribution in [0.1, 0.15) is 42.5 Å². The molecule has 1 aromatic carbocycles. The van der Waals surface area contributed by atoms with Crippen molar-refractivity contribution in [2.75, 3.05) is 6.54 Å². The lowest BCUT2D eigenvalue weighted by Crippen LogP contribution is -2.42. The van der Waals surface area contributed by atoms with E-state index in [9.17, 15) is 4.79 Å². The largest absolute Gasteiger partial charge is 0.335 e. The first kappa shape index (κ1) is 14.8. The zero-order valence-corrected chi connectivity index (χ0v) is 13.7. The van der Waals surface area contributed by atoms with Gasteiger partial charge in [0.05, 0.1) is 17.4 Å². The molecule has 1 atom stereocenters. The summed E-state index contributed by atoms with van der Waals surface area (Å²) in [6.07, 6.45) is 9.64. The Labute approximate surface area is 141 Å². The Morgan fingerprint density at radius 1 is 1.13 bits per heavy atom. The molecule has 0 bridgehead atoms. The molecule has 4 nitrogen and oxygen atoms in total. The molecule has 0 spiro atoms. The minimum Gasteiger partial charge on any atom is -0.335 e. The van der Waals surface area contributed by atoms with Crippen molar-refractivity contribution >= 4 is 17.5 Å². The van der Waals surface area contributed by atoms with E-state index in [1.54, 1.807) is 10.9 Å². The van der Waals surface area contributed by atoms with Gasteiger partial charge in [-0.3, -0.25) is 4.79 Å². The summed E-state index contributed by atoms with van der Waals surface area (Å²) in [6.45, 7) is 0.881. The molecule has 2 aromatic rings. The first-order chi connectivity index (χ1) is 11.2. The van der Waals surface area contributed by atoms with Crippen molar-refractivity contribution in [1.82, 2.24) is 14.7 Å². The molecule has 1 amide bonds. The number of likely N-dealkylation sites (tertiary alicyclic amines) is 1. The number of aromatic nitrogens is 2. The summed E-state index contributed by atoms with van der Waals surface area (Å²) < 4.78 is 1.73. The highest BCUT2D eigenvalue weighted by Gasteiger charge is 2.37. The van der Waals surface area contributed by atoms with E-state index in [1.165, 1.54) is 19.3 Å². The Balaban J connectivity index is 1.53. The summed E-state index contributed by atoms with van der Waals surface area (Å²) in [4.78, 5) is 14.9. The highest BCUT2D eigenvalue weighted by molar-refractivity contribution is 6.30. The molecule has 2 heterocycles. The number of carbonyl (C=O) groups excluding carboxylic acids is 1. The van der Waals surface area contributed by atoms with Gasteiger partial charge in [0.15, 0.2) is 0 Å². The zero-order valence-electron chi connectivity index (χ0n) is 13.0. The fourth-order valence-electron chi connectivity index (χ4n) is 3.69. The Morgan fingerprint density at radius 2 is 1.91 bits per heavy atom. The summed E-state index contributed by atoms with van der Waals surface area (Å²) >= 11 is 5.92. The summed E-state index contributed by atoms with van der Waals surface area (Å²) in [6, 6.07) is 7.89. The second kappa shape index (κ2) is 6.00. The van der Waals surface area contributed by atoms with Gasteiger partial charge in [-0.15, -0.1) is 0 Å². The maximum atomic E-state index is 12.9. The minimum atomic E-state index is 0.125. The lowest BCUT2D eigenvalue weighted by Gasteiger charge is -2.36. The van der Waals surface area contributed by atoms with Crippen molar-refractivity contribution in [3.05, 3.63) is 47.2 Å². The Kier molecular flexibility index (Phi) is 3.85. The van der Waals surface area contributed by atoms with Crippen LogP contribution in [-0.2, 0) is 0 Å². The number of hydrogen-bond donors (Lipinski definition) is 0. The zero-order chi connectivity index (χ0) is 15.8. The molecule has 0 unspecified atom stereocenters. The van der Waals surface area contributed by atoms with E-state index in [2.05, 4.69) is 10.00 Å². The summed E-state index contributed by atoms with van der Waals surface area (Å²) in [5.41, 5.74) is 1.58. The van der Waals surface area contributed by atoms with E-state index < -0.39 is 0 Å². The van der Waals surface area contributed by atoms with Gasteiger partial charge in [-0.25, -0.2) is 4.68 Å². The number of halogens is 1. The predicted octanol–water partition coefficient (Wildman–Crippen LogP) is 3.93. The Bertz CT molecular complexity index is 705. The smallest absolute Gasteiger partial charge is 0.257 e. The average molecular weight is 330 g/mol. The number of carbonyl (C=O) groups is 1. The molecule has 23 heavy (non-hydrogen) atoms. The summed E-state index contributed by atoms with van der Waals surface area (Å²) in [5.74, 6) is 0.840. The van der Waals surface area contributed by atoms with Crippen molar-refractivity contribution in [3.63, 3.8) is 0 Å². The van der Waals surface area contributed by atoms with Crippen LogP contribution in [0.3, 0.4) is 0 Å². The van der Waals surface area contributed by atoms with E-state index >= 15 is 0 Å². The van der Waals surface area contributed by atoms with Crippen LogP contribution >= 0.6 is 11.6 Å². The first-order valence-electron chi connectivity index (χ1n) is 8.34. The van der Waals surface area contributed by atoms with Gasteiger partial charge in [0.25, 0.3) is 5.91 Å². The SMILES string of the molecule is O=C(c1cnn(-c2ccc(Cl)cc2)c1)N1CCC[C@H]1C1CCC1. The molecule has 1 aliphatic heterocycles. The van der Waals surface area contributed by atoms with E-state index in [1.807, 2.05) is 30.5 Å². The molecule has 5 heteroatoms. The second-order valence-corrected chi connectivity index (χ2v) is 6.99. The maximum Gasteiger partial charge on any atom is 0.257 e. The van der Waals surface area contributed by atoms with Crippen molar-refractivity contribution < 1.29 is 4.79 Å². The molecule has 1 saturated heterocycles. The van der Waals surface area contributed by atoms with Gasteiger partial charge >= 0.3 is 0 Å². The van der Waals surface area contributed by atoms with Gasteiger partial charge in [-0.1, -0.05) is 18.0 Å². The number of amides is 1. The molecular weight excluding hydrogens is 310 g/mol. The monoisotopic (exact) mass is 329 g/mol. The van der Waals surface area contributed by atoms with Crippen molar-refractivity contribution in [3.8, 4) is 5.69 Å². The number of rotatable bonds is 3. The van der Waals surface area contributed by atoms with Crippen molar-refractivity contribution in [2.45, 2.75) is 38.1 Å². The maximum absolute atomic E-state index is 12.9. The van der Waals surface area contributed by atoms with Crippen LogP contribution in [0.15, 0.2) is 36.7 Å². The quantitative estimate of drug-likeness (QED) is 0.855. The van der Waals surface area contributed by atoms with Crippen LogP contribution in [0.5, 0.6) is 0 Å². The lowest BCUT2D eigenvalue weighted by molar-refractivity contribution is 0.0626. The van der Waals surface area contributed by atoms with Gasteiger partial charge in [0.2, 0.25) is 0 Å². The number of hydrogen-bond acceptors (Lipinski definition) is 2. The lowest BCUT2D eigenvalue weighted by atomic mass is 9.79. The second-order valence-electron chi connectivity index (χ2n) is 6.55. The van der Waals surface area contributed by atoms with Crippen LogP contribution < -0.4 is 0 Å². The molecule has 1 aliphatic carbocycles. The van der Waals surface area contributed by atoms with Crippen molar-refractivity contribution in [1.29, 1.82) is 0 Å². The minimum absolute atomic E-state index is 0.125. The highest BCUT2D eigenvalue weighted by atomic mass is 35.5. The highest BCUT2D eigenvalue weighted by Crippen LogP contribution is 2.37. The van der Waals surface area contributed by atoms with Crippen LogP contribution in [0.2, 0.25) is 5.02 Å². The van der Waals surface area contributed by atoms with Gasteiger partial charge in [-0.05, 0) is 55.9 Å². The van der Waals surface area contributed by atoms with Gasteiger partial charge in [0, 0.05) is 23.8 Å². The van der Waals surface area contributed by atoms with E-state index in [0.717, 1.165) is 25.1 Å². The third kappa shape index (κ3) is 2.76. The summed E-state index contributed by atoms with van der Waals surface area (Å²) in [5, 5.41) is 5.03. The average Bonchev–Trinajstić information content (AvgIpc) is 3.15. The van der Waals surface area contributed by atoms with Crippen molar-refractivity contribution in [2.24, 2.45) is 5.92 Å². The van der Waals surface area contributed by atoms with E-state index in [-0.39, 0.29) is 5.91 Å². The standard InChI is InChI=1S/C18H20ClN3O/c19-15-6-8-16(9-7-15)22-12-14(11-20-22)18(23)21-10-2-5-17(21)13-3-1-4-13/h6-9,11-13,17H,1-5,10H2/t17-/m0/s1. The first-order valence-corrected chi connectivity index (χ1v) is 8.72. The fraction of sp³-hybridized carbons (Fsp3) is 0.444. The topological polar surface area (TPSA) is 38.1 Å². The molecule has 2 aliphatic rings. The number of benzene rings is 1. The molecule has 4 rings (SSSR count). The van der Waals surface area contributed by atoms with Gasteiger partial charge in [0.1, 0.15) is 0 Å². The molecule has 0 N–H and O–H groups in total. The van der Waals surface area contributed by atoms with E-state index in [0.29, 0.717) is 22.5 Å². The Morgan fingerprint density at radius 3 is 2.61 bits per heavy atom.